The Hall–Kier alpha value is -3.54. The van der Waals surface area contributed by atoms with Gasteiger partial charge in [-0.15, -0.1) is 6.58 Å². The average Bonchev–Trinajstić information content (AvgIpc) is 3.01. The molecule has 3 rings (SSSR count). The summed E-state index contributed by atoms with van der Waals surface area (Å²) in [7, 11) is 0. The number of nitrogens with one attached hydrogen (secondary N) is 1. The van der Waals surface area contributed by atoms with Crippen LogP contribution in [-0.2, 0) is 9.59 Å². The van der Waals surface area contributed by atoms with E-state index in [-0.39, 0.29) is 24.1 Å². The fourth-order valence-corrected chi connectivity index (χ4v) is 3.63. The first kappa shape index (κ1) is 22.2. The van der Waals surface area contributed by atoms with Crippen molar-refractivity contribution in [2.24, 2.45) is 0 Å². The van der Waals surface area contributed by atoms with Crippen LogP contribution in [0.4, 0.5) is 11.4 Å². The van der Waals surface area contributed by atoms with E-state index in [4.69, 9.17) is 4.74 Å². The van der Waals surface area contributed by atoms with Crippen LogP contribution in [0.1, 0.15) is 26.3 Å². The molecule has 0 aromatic heterocycles. The maximum Gasteiger partial charge on any atom is 0.278 e. The second kappa shape index (κ2) is 9.98. The molecule has 0 bridgehead atoms. The monoisotopic (exact) mass is 419 g/mol. The van der Waals surface area contributed by atoms with Gasteiger partial charge in [-0.3, -0.25) is 14.5 Å². The van der Waals surface area contributed by atoms with Gasteiger partial charge in [-0.05, 0) is 62.7 Å². The number of benzene rings is 2. The summed E-state index contributed by atoms with van der Waals surface area (Å²) in [6.45, 7) is 12.4. The first-order valence-corrected chi connectivity index (χ1v) is 10.6. The van der Waals surface area contributed by atoms with E-state index in [2.05, 4.69) is 30.6 Å². The summed E-state index contributed by atoms with van der Waals surface area (Å²) < 4.78 is 5.49. The lowest BCUT2D eigenvalue weighted by molar-refractivity contribution is -0.136. The van der Waals surface area contributed by atoms with Crippen molar-refractivity contribution < 1.29 is 14.3 Å². The number of ether oxygens (including phenoxy) is 1. The van der Waals surface area contributed by atoms with Crippen molar-refractivity contribution in [2.75, 3.05) is 36.5 Å². The van der Waals surface area contributed by atoms with Gasteiger partial charge in [0.2, 0.25) is 0 Å². The van der Waals surface area contributed by atoms with Gasteiger partial charge in [-0.1, -0.05) is 18.2 Å². The van der Waals surface area contributed by atoms with E-state index >= 15 is 0 Å². The third-order valence-corrected chi connectivity index (χ3v) is 5.20. The van der Waals surface area contributed by atoms with Gasteiger partial charge in [-0.25, -0.2) is 0 Å². The van der Waals surface area contributed by atoms with Crippen LogP contribution in [0.3, 0.4) is 0 Å². The van der Waals surface area contributed by atoms with Gasteiger partial charge in [-0.2, -0.15) is 0 Å². The van der Waals surface area contributed by atoms with Crippen molar-refractivity contribution in [2.45, 2.75) is 20.8 Å². The Kier molecular flexibility index (Phi) is 7.13. The van der Waals surface area contributed by atoms with Crippen LogP contribution in [0.2, 0.25) is 0 Å². The van der Waals surface area contributed by atoms with E-state index in [1.165, 1.54) is 4.90 Å². The molecule has 2 amide bonds. The third-order valence-electron chi connectivity index (χ3n) is 5.20. The molecule has 0 radical (unpaired) electrons. The van der Waals surface area contributed by atoms with Crippen molar-refractivity contribution in [3.8, 4) is 5.75 Å². The van der Waals surface area contributed by atoms with E-state index < -0.39 is 0 Å². The highest BCUT2D eigenvalue weighted by Gasteiger charge is 2.38. The molecule has 2 aromatic carbocycles. The number of rotatable bonds is 10. The SMILES string of the molecule is C=CCN1C(=O)C(Nc2ccc(N(CC)CC)cc2)=C(c2ccc(OCC)cc2)C1=O. The van der Waals surface area contributed by atoms with Crippen LogP contribution in [0.5, 0.6) is 5.75 Å². The molecule has 1 aliphatic heterocycles. The van der Waals surface area contributed by atoms with E-state index in [0.29, 0.717) is 23.5 Å². The smallest absolute Gasteiger partial charge is 0.278 e. The fourth-order valence-electron chi connectivity index (χ4n) is 3.63. The summed E-state index contributed by atoms with van der Waals surface area (Å²) in [4.78, 5) is 29.5. The standard InChI is InChI=1S/C25H29N3O3/c1-5-17-28-24(29)22(18-9-15-21(16-10-18)31-8-4)23(25(28)30)26-19-11-13-20(14-12-19)27(6-2)7-3/h5,9-16,26H,1,6-8,17H2,2-4H3. The molecular formula is C25H29N3O3. The average molecular weight is 420 g/mol. The predicted molar refractivity (Wildman–Crippen MR) is 125 cm³/mol. The van der Waals surface area contributed by atoms with Crippen LogP contribution in [0, 0.1) is 0 Å². The lowest BCUT2D eigenvalue weighted by Crippen LogP contribution is -2.32. The Morgan fingerprint density at radius 2 is 1.61 bits per heavy atom. The van der Waals surface area contributed by atoms with E-state index in [1.54, 1.807) is 30.3 Å². The number of anilines is 2. The van der Waals surface area contributed by atoms with Crippen LogP contribution in [-0.4, -0.2) is 43.0 Å². The molecule has 162 valence electrons. The van der Waals surface area contributed by atoms with Crippen molar-refractivity contribution in [1.82, 2.24) is 4.90 Å². The lowest BCUT2D eigenvalue weighted by Gasteiger charge is -2.21. The molecular weight excluding hydrogens is 390 g/mol. The number of carbonyl (C=O) groups excluding carboxylic acids is 2. The summed E-state index contributed by atoms with van der Waals surface area (Å²) in [6.07, 6.45) is 1.55. The molecule has 2 aromatic rings. The Morgan fingerprint density at radius 3 is 2.16 bits per heavy atom. The quantitative estimate of drug-likeness (QED) is 0.459. The van der Waals surface area contributed by atoms with Crippen LogP contribution >= 0.6 is 0 Å². The highest BCUT2D eigenvalue weighted by atomic mass is 16.5. The number of hydrogen-bond donors (Lipinski definition) is 1. The third kappa shape index (κ3) is 4.63. The van der Waals surface area contributed by atoms with Gasteiger partial charge >= 0.3 is 0 Å². The number of imide groups is 1. The van der Waals surface area contributed by atoms with E-state index in [9.17, 15) is 9.59 Å². The molecule has 31 heavy (non-hydrogen) atoms. The van der Waals surface area contributed by atoms with Crippen molar-refractivity contribution in [1.29, 1.82) is 0 Å². The number of hydrogen-bond acceptors (Lipinski definition) is 5. The van der Waals surface area contributed by atoms with Crippen molar-refractivity contribution >= 4 is 28.8 Å². The van der Waals surface area contributed by atoms with Crippen molar-refractivity contribution in [3.05, 3.63) is 72.4 Å². The summed E-state index contributed by atoms with van der Waals surface area (Å²) >= 11 is 0. The number of nitrogens with zero attached hydrogens (tertiary/aromatic N) is 2. The van der Waals surface area contributed by atoms with Gasteiger partial charge in [0.15, 0.2) is 0 Å². The molecule has 0 atom stereocenters. The molecule has 6 nitrogen and oxygen atoms in total. The van der Waals surface area contributed by atoms with Crippen LogP contribution in [0.25, 0.3) is 5.57 Å². The first-order chi connectivity index (χ1) is 15.0. The zero-order valence-corrected chi connectivity index (χ0v) is 18.4. The molecule has 0 saturated heterocycles. The number of amides is 2. The lowest BCUT2D eigenvalue weighted by atomic mass is 10.0. The van der Waals surface area contributed by atoms with Gasteiger partial charge in [0.05, 0.1) is 12.2 Å². The Labute approximate surface area is 183 Å². The molecule has 1 aliphatic rings. The Bertz CT molecular complexity index is 974. The largest absolute Gasteiger partial charge is 0.494 e. The second-order valence-corrected chi connectivity index (χ2v) is 7.06. The Balaban J connectivity index is 1.96. The van der Waals surface area contributed by atoms with Gasteiger partial charge in [0.25, 0.3) is 11.8 Å². The summed E-state index contributed by atoms with van der Waals surface area (Å²) in [5, 5.41) is 3.18. The van der Waals surface area contributed by atoms with Gasteiger partial charge in [0, 0.05) is 31.0 Å². The minimum absolute atomic E-state index is 0.157. The molecule has 0 aliphatic carbocycles. The normalized spacial score (nSPS) is 13.6. The van der Waals surface area contributed by atoms with Gasteiger partial charge in [0.1, 0.15) is 11.4 Å². The van der Waals surface area contributed by atoms with Crippen LogP contribution < -0.4 is 15.0 Å². The second-order valence-electron chi connectivity index (χ2n) is 7.06. The molecule has 1 heterocycles. The number of carbonyl (C=O) groups is 2. The van der Waals surface area contributed by atoms with E-state index in [1.807, 2.05) is 31.2 Å². The Morgan fingerprint density at radius 1 is 0.968 bits per heavy atom. The molecule has 0 spiro atoms. The molecule has 0 fully saturated rings. The molecule has 0 unspecified atom stereocenters. The molecule has 0 saturated carbocycles. The minimum Gasteiger partial charge on any atom is -0.494 e. The zero-order chi connectivity index (χ0) is 22.4. The topological polar surface area (TPSA) is 61.9 Å². The highest BCUT2D eigenvalue weighted by molar-refractivity contribution is 6.36. The molecule has 6 heteroatoms. The first-order valence-electron chi connectivity index (χ1n) is 10.6. The van der Waals surface area contributed by atoms with E-state index in [0.717, 1.165) is 24.5 Å². The molecule has 1 N–H and O–H groups in total. The zero-order valence-electron chi connectivity index (χ0n) is 18.4. The highest BCUT2D eigenvalue weighted by Crippen LogP contribution is 2.31. The summed E-state index contributed by atoms with van der Waals surface area (Å²) in [5.41, 5.74) is 3.14. The van der Waals surface area contributed by atoms with Crippen molar-refractivity contribution in [3.63, 3.8) is 0 Å². The summed E-state index contributed by atoms with van der Waals surface area (Å²) in [5.74, 6) is 0.0194. The van der Waals surface area contributed by atoms with Gasteiger partial charge < -0.3 is 15.0 Å². The van der Waals surface area contributed by atoms with Crippen LogP contribution in [0.15, 0.2) is 66.9 Å². The predicted octanol–water partition coefficient (Wildman–Crippen LogP) is 4.31. The fraction of sp³-hybridized carbons (Fsp3) is 0.280. The summed E-state index contributed by atoms with van der Waals surface area (Å²) in [6, 6.07) is 15.1. The minimum atomic E-state index is -0.360. The maximum atomic E-state index is 13.1. The maximum absolute atomic E-state index is 13.1.